The van der Waals surface area contributed by atoms with Gasteiger partial charge in [0.15, 0.2) is 0 Å². The first-order chi connectivity index (χ1) is 7.30. The summed E-state index contributed by atoms with van der Waals surface area (Å²) in [5, 5.41) is 8.34. The normalized spacial score (nSPS) is 12.0. The summed E-state index contributed by atoms with van der Waals surface area (Å²) in [6.45, 7) is 0. The lowest BCUT2D eigenvalue weighted by Crippen LogP contribution is -2.09. The summed E-state index contributed by atoms with van der Waals surface area (Å²) in [7, 11) is 0. The molecular weight excluding hydrogens is 338 g/mol. The molecule has 1 rings (SSSR count). The van der Waals surface area contributed by atoms with Gasteiger partial charge in [0.05, 0.1) is 11.3 Å². The van der Waals surface area contributed by atoms with Crippen molar-refractivity contribution in [3.8, 4) is 0 Å². The van der Waals surface area contributed by atoms with E-state index in [2.05, 4.69) is 4.98 Å². The Balaban J connectivity index is 3.24. The fraction of sp³-hybridized carbons (Fsp3) is 0.111. The second-order valence-corrected chi connectivity index (χ2v) is 3.84. The van der Waals surface area contributed by atoms with Crippen molar-refractivity contribution in [1.82, 2.24) is 4.98 Å². The van der Waals surface area contributed by atoms with Gasteiger partial charge >= 0.3 is 12.1 Å². The maximum Gasteiger partial charge on any atom is 0.418 e. The van der Waals surface area contributed by atoms with E-state index in [4.69, 9.17) is 5.11 Å². The molecule has 0 spiro atoms. The van der Waals surface area contributed by atoms with Gasteiger partial charge in [0.2, 0.25) is 0 Å². The number of aliphatic carboxylic acids is 1. The van der Waals surface area contributed by atoms with E-state index < -0.39 is 23.4 Å². The number of carbonyl (C=O) groups is 1. The topological polar surface area (TPSA) is 50.2 Å². The van der Waals surface area contributed by atoms with E-state index in [1.54, 1.807) is 22.6 Å². The summed E-state index contributed by atoms with van der Waals surface area (Å²) in [6, 6.07) is 2.08. The summed E-state index contributed by atoms with van der Waals surface area (Å²) in [5.41, 5.74) is -1.35. The fourth-order valence-corrected chi connectivity index (χ4v) is 1.41. The van der Waals surface area contributed by atoms with Crippen LogP contribution < -0.4 is 0 Å². The van der Waals surface area contributed by atoms with Crippen LogP contribution in [0.1, 0.15) is 11.3 Å². The van der Waals surface area contributed by atoms with Gasteiger partial charge < -0.3 is 5.11 Å². The van der Waals surface area contributed by atoms with Gasteiger partial charge in [-0.3, -0.25) is 0 Å². The van der Waals surface area contributed by atoms with Gasteiger partial charge in [-0.2, -0.15) is 13.2 Å². The monoisotopic (exact) mass is 343 g/mol. The van der Waals surface area contributed by atoms with Crippen LogP contribution in [0.2, 0.25) is 0 Å². The number of nitrogens with zero attached hydrogens (tertiary/aromatic N) is 1. The minimum absolute atomic E-state index is 0.357. The number of alkyl halides is 3. The molecule has 0 saturated heterocycles. The van der Waals surface area contributed by atoms with Crippen LogP contribution in [0.4, 0.5) is 13.2 Å². The summed E-state index contributed by atoms with van der Waals surface area (Å²) in [6.07, 6.45) is -3.10. The predicted molar refractivity (Wildman–Crippen MR) is 58.6 cm³/mol. The molecule has 0 amide bonds. The molecule has 0 aliphatic heterocycles. The molecule has 0 unspecified atom stereocenters. The highest BCUT2D eigenvalue weighted by Crippen LogP contribution is 2.32. The van der Waals surface area contributed by atoms with Crippen LogP contribution in [0, 0.1) is 3.70 Å². The third-order valence-corrected chi connectivity index (χ3v) is 2.18. The Kier molecular flexibility index (Phi) is 3.89. The molecule has 1 N–H and O–H groups in total. The molecule has 0 atom stereocenters. The Morgan fingerprint density at radius 2 is 2.06 bits per heavy atom. The van der Waals surface area contributed by atoms with Crippen LogP contribution in [0.3, 0.4) is 0 Å². The minimum Gasteiger partial charge on any atom is -0.478 e. The Bertz CT molecular complexity index is 443. The molecule has 0 fully saturated rings. The van der Waals surface area contributed by atoms with Crippen molar-refractivity contribution < 1.29 is 23.1 Å². The largest absolute Gasteiger partial charge is 0.478 e. The van der Waals surface area contributed by atoms with E-state index in [1.807, 2.05) is 0 Å². The molecule has 0 bridgehead atoms. The zero-order valence-corrected chi connectivity index (χ0v) is 9.78. The summed E-state index contributed by atoms with van der Waals surface area (Å²) < 4.78 is 37.8. The minimum atomic E-state index is -4.55. The van der Waals surface area contributed by atoms with Crippen molar-refractivity contribution in [2.75, 3.05) is 0 Å². The van der Waals surface area contributed by atoms with E-state index in [9.17, 15) is 18.0 Å². The standard InChI is InChI=1S/C9H5F3INO2/c10-9(11,12)5-1-3-7(13)14-6(5)2-4-8(15)16/h1-4H,(H,15,16)/b4-2+. The quantitative estimate of drug-likeness (QED) is 0.510. The summed E-state index contributed by atoms with van der Waals surface area (Å²) >= 11 is 1.75. The molecule has 0 saturated carbocycles. The average molecular weight is 343 g/mol. The molecule has 7 heteroatoms. The van der Waals surface area contributed by atoms with Gasteiger partial charge in [0, 0.05) is 6.08 Å². The number of hydrogen-bond acceptors (Lipinski definition) is 2. The lowest BCUT2D eigenvalue weighted by Gasteiger charge is -2.09. The second kappa shape index (κ2) is 4.81. The maximum absolute atomic E-state index is 12.5. The van der Waals surface area contributed by atoms with Crippen LogP contribution in [0.15, 0.2) is 18.2 Å². The number of aromatic nitrogens is 1. The fourth-order valence-electron chi connectivity index (χ4n) is 0.967. The number of pyridine rings is 1. The van der Waals surface area contributed by atoms with Crippen LogP contribution in [0.25, 0.3) is 6.08 Å². The van der Waals surface area contributed by atoms with E-state index in [0.29, 0.717) is 9.78 Å². The van der Waals surface area contributed by atoms with Gasteiger partial charge in [0.1, 0.15) is 3.70 Å². The van der Waals surface area contributed by atoms with Crippen LogP contribution in [0.5, 0.6) is 0 Å². The van der Waals surface area contributed by atoms with Gasteiger partial charge in [-0.05, 0) is 40.8 Å². The zero-order valence-electron chi connectivity index (χ0n) is 7.62. The van der Waals surface area contributed by atoms with Crippen molar-refractivity contribution >= 4 is 34.6 Å². The van der Waals surface area contributed by atoms with E-state index in [1.165, 1.54) is 6.07 Å². The summed E-state index contributed by atoms with van der Waals surface area (Å²) in [4.78, 5) is 13.8. The SMILES string of the molecule is O=C(O)/C=C/c1nc(I)ccc1C(F)(F)F. The van der Waals surface area contributed by atoms with Crippen molar-refractivity contribution in [2.45, 2.75) is 6.18 Å². The molecule has 3 nitrogen and oxygen atoms in total. The smallest absolute Gasteiger partial charge is 0.418 e. The molecule has 1 aromatic rings. The first kappa shape index (κ1) is 12.9. The third kappa shape index (κ3) is 3.47. The van der Waals surface area contributed by atoms with Crippen molar-refractivity contribution in [1.29, 1.82) is 0 Å². The first-order valence-electron chi connectivity index (χ1n) is 3.95. The number of rotatable bonds is 2. The number of carboxylic acids is 1. The highest BCUT2D eigenvalue weighted by molar-refractivity contribution is 14.1. The molecule has 0 aromatic carbocycles. The van der Waals surface area contributed by atoms with Gasteiger partial charge in [-0.25, -0.2) is 9.78 Å². The Labute approximate surface area is 102 Å². The molecule has 16 heavy (non-hydrogen) atoms. The van der Waals surface area contributed by atoms with Crippen molar-refractivity contribution in [2.24, 2.45) is 0 Å². The molecular formula is C9H5F3INO2. The van der Waals surface area contributed by atoms with Gasteiger partial charge in [0.25, 0.3) is 0 Å². The molecule has 0 aliphatic rings. The molecule has 1 aromatic heterocycles. The van der Waals surface area contributed by atoms with Crippen molar-refractivity contribution in [3.05, 3.63) is 33.2 Å². The van der Waals surface area contributed by atoms with Crippen LogP contribution in [-0.2, 0) is 11.0 Å². The average Bonchev–Trinajstić information content (AvgIpc) is 2.12. The lowest BCUT2D eigenvalue weighted by atomic mass is 10.2. The Morgan fingerprint density at radius 3 is 2.56 bits per heavy atom. The molecule has 0 aliphatic carbocycles. The number of carboxylic acid groups (broad SMARTS) is 1. The molecule has 1 heterocycles. The Morgan fingerprint density at radius 1 is 1.44 bits per heavy atom. The highest BCUT2D eigenvalue weighted by atomic mass is 127. The van der Waals surface area contributed by atoms with Crippen molar-refractivity contribution in [3.63, 3.8) is 0 Å². The van der Waals surface area contributed by atoms with E-state index in [-0.39, 0.29) is 0 Å². The van der Waals surface area contributed by atoms with Crippen LogP contribution in [-0.4, -0.2) is 16.1 Å². The maximum atomic E-state index is 12.5. The first-order valence-corrected chi connectivity index (χ1v) is 5.03. The van der Waals surface area contributed by atoms with Gasteiger partial charge in [-0.1, -0.05) is 0 Å². The third-order valence-electron chi connectivity index (χ3n) is 1.58. The summed E-state index contributed by atoms with van der Waals surface area (Å²) in [5.74, 6) is -1.33. The van der Waals surface area contributed by atoms with Crippen LogP contribution >= 0.6 is 22.6 Å². The number of hydrogen-bond donors (Lipinski definition) is 1. The van der Waals surface area contributed by atoms with E-state index in [0.717, 1.165) is 12.1 Å². The van der Waals surface area contributed by atoms with Gasteiger partial charge in [-0.15, -0.1) is 0 Å². The molecule has 86 valence electrons. The molecule has 0 radical (unpaired) electrons. The highest BCUT2D eigenvalue weighted by Gasteiger charge is 2.33. The Hall–Kier alpha value is -1.12. The van der Waals surface area contributed by atoms with E-state index >= 15 is 0 Å². The zero-order chi connectivity index (χ0) is 12.3. The predicted octanol–water partition coefficient (Wildman–Crippen LogP) is 2.80. The number of halogens is 4. The lowest BCUT2D eigenvalue weighted by molar-refractivity contribution is -0.138. The second-order valence-electron chi connectivity index (χ2n) is 2.74.